The maximum atomic E-state index is 13.1. The fourth-order valence-corrected chi connectivity index (χ4v) is 2.98. The number of hydrogen-bond acceptors (Lipinski definition) is 2. The molecule has 1 saturated heterocycles. The highest BCUT2D eigenvalue weighted by molar-refractivity contribution is 5.94. The second-order valence-corrected chi connectivity index (χ2v) is 5.57. The van der Waals surface area contributed by atoms with Crippen LogP contribution in [0.4, 0.5) is 10.1 Å². The van der Waals surface area contributed by atoms with Crippen LogP contribution in [0.3, 0.4) is 0 Å². The van der Waals surface area contributed by atoms with Crippen molar-refractivity contribution in [2.45, 2.75) is 12.8 Å². The highest BCUT2D eigenvalue weighted by atomic mass is 19.1. The minimum absolute atomic E-state index is 0.224. The first-order valence-corrected chi connectivity index (χ1v) is 7.57. The maximum absolute atomic E-state index is 13.1. The molecular weight excluding hydrogens is 275 g/mol. The highest BCUT2D eigenvalue weighted by Gasteiger charge is 2.17. The van der Waals surface area contributed by atoms with Crippen LogP contribution in [-0.2, 0) is 0 Å². The van der Waals surface area contributed by atoms with Crippen LogP contribution in [0.1, 0.15) is 12.8 Å². The summed E-state index contributed by atoms with van der Waals surface area (Å²) < 4.78 is 13.1. The Balaban J connectivity index is 1.90. The van der Waals surface area contributed by atoms with E-state index >= 15 is 0 Å². The minimum Gasteiger partial charge on any atom is -0.366 e. The molecule has 0 aliphatic carbocycles. The van der Waals surface area contributed by atoms with Crippen LogP contribution in [0.5, 0.6) is 0 Å². The van der Waals surface area contributed by atoms with Gasteiger partial charge in [-0.1, -0.05) is 18.2 Å². The molecule has 1 aromatic heterocycles. The normalized spacial score (nSPS) is 14.7. The van der Waals surface area contributed by atoms with Gasteiger partial charge in [0.2, 0.25) is 0 Å². The molecule has 1 aliphatic rings. The Bertz CT molecular complexity index is 805. The number of benzene rings is 2. The number of halogens is 1. The fraction of sp³-hybridized carbons (Fsp3) is 0.158. The van der Waals surface area contributed by atoms with E-state index in [9.17, 15) is 4.39 Å². The number of anilines is 1. The van der Waals surface area contributed by atoms with Crippen molar-refractivity contribution in [2.24, 2.45) is 0 Å². The molecule has 1 fully saturated rings. The van der Waals surface area contributed by atoms with Gasteiger partial charge >= 0.3 is 0 Å². The third-order valence-electron chi connectivity index (χ3n) is 4.10. The molecule has 0 N–H and O–H groups in total. The van der Waals surface area contributed by atoms with Gasteiger partial charge in [-0.25, -0.2) is 9.37 Å². The predicted octanol–water partition coefficient (Wildman–Crippen LogP) is 4.80. The summed E-state index contributed by atoms with van der Waals surface area (Å²) in [5.41, 5.74) is 3.98. The van der Waals surface area contributed by atoms with Crippen molar-refractivity contribution < 1.29 is 4.39 Å². The van der Waals surface area contributed by atoms with Gasteiger partial charge < -0.3 is 4.90 Å². The summed E-state index contributed by atoms with van der Waals surface area (Å²) in [5.74, 6) is -0.224. The van der Waals surface area contributed by atoms with Crippen LogP contribution in [-0.4, -0.2) is 11.5 Å². The lowest BCUT2D eigenvalue weighted by atomic mass is 10.1. The largest absolute Gasteiger partial charge is 0.366 e. The van der Waals surface area contributed by atoms with Crippen molar-refractivity contribution in [2.75, 3.05) is 11.4 Å². The number of nitrogens with zero attached hydrogens (tertiary/aromatic N) is 2. The van der Waals surface area contributed by atoms with Gasteiger partial charge in [0.05, 0.1) is 11.2 Å². The van der Waals surface area contributed by atoms with Crippen LogP contribution >= 0.6 is 0 Å². The third kappa shape index (κ3) is 2.33. The van der Waals surface area contributed by atoms with Crippen LogP contribution in [0.2, 0.25) is 0 Å². The molecule has 109 valence electrons. The van der Waals surface area contributed by atoms with Crippen LogP contribution in [0.25, 0.3) is 22.2 Å². The number of pyridine rings is 1. The summed E-state index contributed by atoms with van der Waals surface area (Å²) >= 11 is 0. The van der Waals surface area contributed by atoms with Crippen LogP contribution in [0, 0.1) is 12.4 Å². The lowest BCUT2D eigenvalue weighted by molar-refractivity contribution is 0.628. The van der Waals surface area contributed by atoms with Gasteiger partial charge in [0.25, 0.3) is 0 Å². The van der Waals surface area contributed by atoms with Gasteiger partial charge in [-0.3, -0.25) is 0 Å². The average Bonchev–Trinajstić information content (AvgIpc) is 3.09. The van der Waals surface area contributed by atoms with E-state index in [-0.39, 0.29) is 5.82 Å². The van der Waals surface area contributed by atoms with E-state index < -0.39 is 0 Å². The Hall–Kier alpha value is -2.42. The number of fused-ring (bicyclic) bond motifs is 1. The molecule has 1 radical (unpaired) electrons. The quantitative estimate of drug-likeness (QED) is 0.674. The van der Waals surface area contributed by atoms with Crippen molar-refractivity contribution >= 4 is 16.6 Å². The summed E-state index contributed by atoms with van der Waals surface area (Å²) in [6.07, 6.45) is 2.30. The standard InChI is InChI=1S/C19H16FN2/c20-15-9-7-14(8-10-15)18-13-19(22-11-3-4-12-22)16-5-1-2-6-17(16)21-18/h1-2,5-11,13H,3-4,12H2. The Morgan fingerprint density at radius 2 is 1.82 bits per heavy atom. The number of para-hydroxylation sites is 1. The van der Waals surface area contributed by atoms with Crippen molar-refractivity contribution in [3.8, 4) is 11.3 Å². The molecule has 2 nitrogen and oxygen atoms in total. The van der Waals surface area contributed by atoms with E-state index in [1.165, 1.54) is 24.2 Å². The predicted molar refractivity (Wildman–Crippen MR) is 88.0 cm³/mol. The first-order valence-electron chi connectivity index (χ1n) is 7.57. The van der Waals surface area contributed by atoms with Gasteiger partial charge in [0.1, 0.15) is 5.82 Å². The second kappa shape index (κ2) is 5.41. The summed E-state index contributed by atoms with van der Waals surface area (Å²) in [4.78, 5) is 7.05. The van der Waals surface area contributed by atoms with E-state index in [1.54, 1.807) is 12.1 Å². The summed E-state index contributed by atoms with van der Waals surface area (Å²) in [5, 5.41) is 1.16. The molecule has 22 heavy (non-hydrogen) atoms. The topological polar surface area (TPSA) is 16.1 Å². The van der Waals surface area contributed by atoms with E-state index in [0.29, 0.717) is 0 Å². The average molecular weight is 291 g/mol. The zero-order chi connectivity index (χ0) is 14.9. The van der Waals surface area contributed by atoms with E-state index in [2.05, 4.69) is 23.6 Å². The Kier molecular flexibility index (Phi) is 3.26. The van der Waals surface area contributed by atoms with Crippen molar-refractivity contribution in [1.82, 2.24) is 4.98 Å². The molecule has 3 heteroatoms. The van der Waals surface area contributed by atoms with Crippen molar-refractivity contribution in [3.05, 3.63) is 67.0 Å². The summed E-state index contributed by atoms with van der Waals surface area (Å²) in [6.45, 7) is 3.28. The molecule has 1 aliphatic heterocycles. The highest BCUT2D eigenvalue weighted by Crippen LogP contribution is 2.33. The number of aromatic nitrogens is 1. The Morgan fingerprint density at radius 3 is 2.59 bits per heavy atom. The smallest absolute Gasteiger partial charge is 0.123 e. The summed E-state index contributed by atoms with van der Waals surface area (Å²) in [6, 6.07) is 16.8. The van der Waals surface area contributed by atoms with E-state index in [0.717, 1.165) is 35.1 Å². The number of rotatable bonds is 2. The van der Waals surface area contributed by atoms with Crippen LogP contribution in [0.15, 0.2) is 54.6 Å². The lowest BCUT2D eigenvalue weighted by Crippen LogP contribution is -2.14. The molecule has 0 atom stereocenters. The molecule has 2 aromatic carbocycles. The molecule has 2 heterocycles. The molecule has 0 bridgehead atoms. The molecular formula is C19H16FN2. The summed E-state index contributed by atoms with van der Waals surface area (Å²) in [7, 11) is 0. The zero-order valence-electron chi connectivity index (χ0n) is 12.2. The first kappa shape index (κ1) is 13.3. The first-order chi connectivity index (χ1) is 10.8. The van der Waals surface area contributed by atoms with Gasteiger partial charge in [0, 0.05) is 29.7 Å². The second-order valence-electron chi connectivity index (χ2n) is 5.57. The van der Waals surface area contributed by atoms with E-state index in [4.69, 9.17) is 4.98 Å². The molecule has 0 spiro atoms. The minimum atomic E-state index is -0.224. The Labute approximate surface area is 129 Å². The third-order valence-corrected chi connectivity index (χ3v) is 4.10. The van der Waals surface area contributed by atoms with Crippen molar-refractivity contribution in [3.63, 3.8) is 0 Å². The molecule has 0 saturated carbocycles. The molecule has 3 aromatic rings. The monoisotopic (exact) mass is 291 g/mol. The molecule has 4 rings (SSSR count). The fourth-order valence-electron chi connectivity index (χ4n) is 2.98. The van der Waals surface area contributed by atoms with Gasteiger partial charge in [-0.2, -0.15) is 0 Å². The van der Waals surface area contributed by atoms with E-state index in [1.807, 2.05) is 18.2 Å². The molecule has 0 unspecified atom stereocenters. The van der Waals surface area contributed by atoms with Gasteiger partial charge in [-0.15, -0.1) is 0 Å². The zero-order valence-corrected chi connectivity index (χ0v) is 12.2. The molecule has 0 amide bonds. The van der Waals surface area contributed by atoms with Gasteiger partial charge in [-0.05, 0) is 49.2 Å². The van der Waals surface area contributed by atoms with Crippen molar-refractivity contribution in [1.29, 1.82) is 0 Å². The lowest BCUT2D eigenvalue weighted by Gasteiger charge is -2.20. The van der Waals surface area contributed by atoms with Gasteiger partial charge in [0.15, 0.2) is 0 Å². The SMILES string of the molecule is Fc1ccc(-c2cc(N3[CH]CCC3)c3ccccc3n2)cc1. The maximum Gasteiger partial charge on any atom is 0.123 e. The number of hydrogen-bond donors (Lipinski definition) is 0. The Morgan fingerprint density at radius 1 is 1.00 bits per heavy atom. The van der Waals surface area contributed by atoms with Crippen LogP contribution < -0.4 is 4.90 Å².